The van der Waals surface area contributed by atoms with Crippen LogP contribution in [0.4, 0.5) is 11.4 Å². The van der Waals surface area contributed by atoms with Crippen molar-refractivity contribution in [3.63, 3.8) is 0 Å². The average molecular weight is 291 g/mol. The van der Waals surface area contributed by atoms with E-state index in [1.165, 1.54) is 0 Å². The van der Waals surface area contributed by atoms with E-state index in [1.54, 1.807) is 18.2 Å². The summed E-state index contributed by atoms with van der Waals surface area (Å²) in [7, 11) is -3.10. The summed E-state index contributed by atoms with van der Waals surface area (Å²) in [5.74, 6) is -0.134. The zero-order valence-corrected chi connectivity index (χ0v) is 11.5. The Labute approximate surface area is 116 Å². The molecule has 1 N–H and O–H groups in total. The van der Waals surface area contributed by atoms with Gasteiger partial charge in [0.15, 0.2) is 9.84 Å². The number of nitrogens with one attached hydrogen (secondary N) is 1. The molecule has 6 nitrogen and oxygen atoms in total. The predicted octanol–water partition coefficient (Wildman–Crippen LogP) is 0.504. The van der Waals surface area contributed by atoms with Gasteiger partial charge in [0.05, 0.1) is 40.6 Å². The highest BCUT2D eigenvalue weighted by molar-refractivity contribution is 7.91. The first-order valence-electron chi connectivity index (χ1n) is 6.29. The number of nitriles is 1. The topological polar surface area (TPSA) is 90.3 Å². The van der Waals surface area contributed by atoms with Gasteiger partial charge in [0, 0.05) is 13.0 Å². The Bertz CT molecular complexity index is 721. The summed E-state index contributed by atoms with van der Waals surface area (Å²) in [6.45, 7) is 0.351. The quantitative estimate of drug-likeness (QED) is 0.752. The number of amides is 1. The Morgan fingerprint density at radius 3 is 2.95 bits per heavy atom. The first-order chi connectivity index (χ1) is 9.48. The summed E-state index contributed by atoms with van der Waals surface area (Å²) >= 11 is 0. The monoisotopic (exact) mass is 291 g/mol. The fraction of sp³-hybridized carbons (Fsp3) is 0.385. The van der Waals surface area contributed by atoms with E-state index in [0.717, 1.165) is 5.69 Å². The molecule has 1 aromatic rings. The van der Waals surface area contributed by atoms with Crippen molar-refractivity contribution in [3.8, 4) is 6.07 Å². The molecule has 1 atom stereocenters. The van der Waals surface area contributed by atoms with Gasteiger partial charge in [-0.3, -0.25) is 4.79 Å². The minimum atomic E-state index is -3.10. The van der Waals surface area contributed by atoms with Crippen LogP contribution >= 0.6 is 0 Å². The molecule has 7 heteroatoms. The zero-order chi connectivity index (χ0) is 14.3. The second-order valence-electron chi connectivity index (χ2n) is 5.06. The molecule has 104 valence electrons. The van der Waals surface area contributed by atoms with E-state index in [2.05, 4.69) is 11.4 Å². The second-order valence-corrected chi connectivity index (χ2v) is 7.29. The highest BCUT2D eigenvalue weighted by atomic mass is 32.2. The lowest BCUT2D eigenvalue weighted by atomic mass is 10.1. The Balaban J connectivity index is 2.09. The fourth-order valence-corrected chi connectivity index (χ4v) is 4.26. The molecule has 0 bridgehead atoms. The van der Waals surface area contributed by atoms with E-state index in [0.29, 0.717) is 17.8 Å². The van der Waals surface area contributed by atoms with Crippen LogP contribution < -0.4 is 10.2 Å². The van der Waals surface area contributed by atoms with Gasteiger partial charge >= 0.3 is 0 Å². The van der Waals surface area contributed by atoms with Crippen LogP contribution in [0.25, 0.3) is 0 Å². The van der Waals surface area contributed by atoms with E-state index >= 15 is 0 Å². The number of sulfone groups is 1. The highest BCUT2D eigenvalue weighted by Crippen LogP contribution is 2.34. The van der Waals surface area contributed by atoms with Gasteiger partial charge in [0.25, 0.3) is 0 Å². The minimum Gasteiger partial charge on any atom is -0.364 e. The summed E-state index contributed by atoms with van der Waals surface area (Å²) in [5.41, 5.74) is 1.86. The van der Waals surface area contributed by atoms with Crippen molar-refractivity contribution in [1.29, 1.82) is 5.26 Å². The molecule has 20 heavy (non-hydrogen) atoms. The van der Waals surface area contributed by atoms with Gasteiger partial charge in [-0.2, -0.15) is 5.26 Å². The number of fused-ring (bicyclic) bond motifs is 3. The fourth-order valence-electron chi connectivity index (χ4n) is 2.73. The Kier molecular flexibility index (Phi) is 2.91. The third-order valence-electron chi connectivity index (χ3n) is 3.66. The van der Waals surface area contributed by atoms with Crippen LogP contribution in [0.2, 0.25) is 0 Å². The maximum Gasteiger partial charge on any atom is 0.226 e. The van der Waals surface area contributed by atoms with Crippen molar-refractivity contribution in [2.45, 2.75) is 12.5 Å². The first kappa shape index (κ1) is 12.9. The smallest absolute Gasteiger partial charge is 0.226 e. The van der Waals surface area contributed by atoms with Crippen molar-refractivity contribution >= 4 is 27.1 Å². The Morgan fingerprint density at radius 2 is 2.20 bits per heavy atom. The van der Waals surface area contributed by atoms with Crippen LogP contribution in [-0.2, 0) is 14.6 Å². The molecule has 0 radical (unpaired) electrons. The predicted molar refractivity (Wildman–Crippen MR) is 74.2 cm³/mol. The third kappa shape index (κ3) is 2.23. The van der Waals surface area contributed by atoms with Gasteiger partial charge in [0.1, 0.15) is 0 Å². The molecule has 1 saturated heterocycles. The summed E-state index contributed by atoms with van der Waals surface area (Å²) in [5, 5.41) is 11.8. The zero-order valence-electron chi connectivity index (χ0n) is 10.7. The number of carbonyl (C=O) groups is 1. The van der Waals surface area contributed by atoms with E-state index in [-0.39, 0.29) is 29.9 Å². The van der Waals surface area contributed by atoms with Crippen molar-refractivity contribution in [2.24, 2.45) is 0 Å². The number of carbonyl (C=O) groups excluding carboxylic acids is 1. The van der Waals surface area contributed by atoms with Crippen LogP contribution in [0.15, 0.2) is 18.2 Å². The summed E-state index contributed by atoms with van der Waals surface area (Å²) in [6.07, 6.45) is 0.149. The summed E-state index contributed by atoms with van der Waals surface area (Å²) < 4.78 is 23.5. The van der Waals surface area contributed by atoms with Crippen LogP contribution in [0.3, 0.4) is 0 Å². The molecule has 1 fully saturated rings. The molecule has 0 saturated carbocycles. The molecule has 1 unspecified atom stereocenters. The molecular weight excluding hydrogens is 278 g/mol. The highest BCUT2D eigenvalue weighted by Gasteiger charge is 2.35. The molecule has 0 aliphatic carbocycles. The molecule has 3 rings (SSSR count). The SMILES string of the molecule is N#Cc1ccc2c(c1)N1CCS(=O)(=O)CC1CC(=O)N2. The Morgan fingerprint density at radius 1 is 1.40 bits per heavy atom. The number of nitrogens with zero attached hydrogens (tertiary/aromatic N) is 2. The molecule has 2 aliphatic heterocycles. The number of hydrogen-bond donors (Lipinski definition) is 1. The standard InChI is InChI=1S/C13H13N3O3S/c14-7-9-1-2-11-12(5-9)16-3-4-20(18,19)8-10(16)6-13(17)15-11/h1-2,5,10H,3-4,6,8H2,(H,15,17). The molecule has 2 aliphatic rings. The number of hydrogen-bond acceptors (Lipinski definition) is 5. The molecule has 1 amide bonds. The van der Waals surface area contributed by atoms with E-state index in [4.69, 9.17) is 5.26 Å². The molecule has 1 aromatic carbocycles. The van der Waals surface area contributed by atoms with Crippen LogP contribution in [-0.4, -0.2) is 38.4 Å². The lowest BCUT2D eigenvalue weighted by molar-refractivity contribution is -0.116. The lowest BCUT2D eigenvalue weighted by Gasteiger charge is -2.35. The van der Waals surface area contributed by atoms with Crippen LogP contribution in [0.5, 0.6) is 0 Å². The molecule has 0 spiro atoms. The normalized spacial score (nSPS) is 23.9. The summed E-state index contributed by atoms with van der Waals surface area (Å²) in [4.78, 5) is 13.8. The van der Waals surface area contributed by atoms with Crippen LogP contribution in [0, 0.1) is 11.3 Å². The number of benzene rings is 1. The third-order valence-corrected chi connectivity index (χ3v) is 5.36. The van der Waals surface area contributed by atoms with E-state index in [9.17, 15) is 13.2 Å². The summed E-state index contributed by atoms with van der Waals surface area (Å²) in [6, 6.07) is 6.74. The van der Waals surface area contributed by atoms with E-state index < -0.39 is 9.84 Å². The van der Waals surface area contributed by atoms with Gasteiger partial charge in [-0.15, -0.1) is 0 Å². The number of rotatable bonds is 0. The van der Waals surface area contributed by atoms with Gasteiger partial charge < -0.3 is 10.2 Å². The minimum absolute atomic E-state index is 0.0172. The van der Waals surface area contributed by atoms with Crippen molar-refractivity contribution in [3.05, 3.63) is 23.8 Å². The molecular formula is C13H13N3O3S. The first-order valence-corrected chi connectivity index (χ1v) is 8.12. The van der Waals surface area contributed by atoms with Gasteiger partial charge in [-0.25, -0.2) is 8.42 Å². The van der Waals surface area contributed by atoms with Crippen LogP contribution in [0.1, 0.15) is 12.0 Å². The maximum atomic E-state index is 11.9. The van der Waals surface area contributed by atoms with Crippen molar-refractivity contribution in [2.75, 3.05) is 28.3 Å². The Hall–Kier alpha value is -2.07. The van der Waals surface area contributed by atoms with Gasteiger partial charge in [0.2, 0.25) is 5.91 Å². The average Bonchev–Trinajstić information content (AvgIpc) is 2.51. The second kappa shape index (κ2) is 4.49. The van der Waals surface area contributed by atoms with Gasteiger partial charge in [-0.1, -0.05) is 0 Å². The maximum absolute atomic E-state index is 11.9. The molecule has 0 aromatic heterocycles. The van der Waals surface area contributed by atoms with Gasteiger partial charge in [-0.05, 0) is 18.2 Å². The lowest BCUT2D eigenvalue weighted by Crippen LogP contribution is -2.48. The largest absolute Gasteiger partial charge is 0.364 e. The van der Waals surface area contributed by atoms with Crippen molar-refractivity contribution in [1.82, 2.24) is 0 Å². The molecule has 2 heterocycles. The van der Waals surface area contributed by atoms with E-state index in [1.807, 2.05) is 4.90 Å². The van der Waals surface area contributed by atoms with Crippen molar-refractivity contribution < 1.29 is 13.2 Å². The number of anilines is 2.